The fraction of sp³-hybridized carbons (Fsp3) is 0.500. The van der Waals surface area contributed by atoms with Crippen LogP contribution in [0.4, 0.5) is 10.1 Å². The summed E-state index contributed by atoms with van der Waals surface area (Å²) in [7, 11) is 0. The Morgan fingerprint density at radius 1 is 1.50 bits per heavy atom. The zero-order valence-corrected chi connectivity index (χ0v) is 9.77. The van der Waals surface area contributed by atoms with Crippen molar-refractivity contribution >= 4 is 17.3 Å². The van der Waals surface area contributed by atoms with Gasteiger partial charge >= 0.3 is 0 Å². The van der Waals surface area contributed by atoms with Crippen LogP contribution in [0.2, 0.25) is 5.02 Å². The minimum atomic E-state index is -0.271. The number of hydrogen-bond acceptors (Lipinski definition) is 2. The second-order valence-corrected chi connectivity index (χ2v) is 4.50. The lowest BCUT2D eigenvalue weighted by Crippen LogP contribution is -2.24. The molecule has 0 amide bonds. The van der Waals surface area contributed by atoms with E-state index < -0.39 is 0 Å². The molecule has 1 heterocycles. The predicted octanol–water partition coefficient (Wildman–Crippen LogP) is 3.32. The molecule has 1 unspecified atom stereocenters. The van der Waals surface area contributed by atoms with Crippen molar-refractivity contribution in [3.63, 3.8) is 0 Å². The molecule has 0 bridgehead atoms. The molecule has 1 N–H and O–H groups in total. The molecule has 0 aliphatic carbocycles. The third kappa shape index (κ3) is 3.09. The van der Waals surface area contributed by atoms with Crippen LogP contribution in [0.15, 0.2) is 18.2 Å². The van der Waals surface area contributed by atoms with E-state index in [4.69, 9.17) is 16.3 Å². The van der Waals surface area contributed by atoms with Gasteiger partial charge < -0.3 is 10.1 Å². The van der Waals surface area contributed by atoms with Crippen molar-refractivity contribution in [2.45, 2.75) is 12.8 Å². The average molecular weight is 244 g/mol. The number of benzene rings is 1. The van der Waals surface area contributed by atoms with Gasteiger partial charge in [-0.2, -0.15) is 0 Å². The largest absolute Gasteiger partial charge is 0.383 e. The zero-order valence-electron chi connectivity index (χ0n) is 9.01. The first kappa shape index (κ1) is 11.7. The van der Waals surface area contributed by atoms with Gasteiger partial charge in [0.1, 0.15) is 5.82 Å². The maximum Gasteiger partial charge on any atom is 0.125 e. The van der Waals surface area contributed by atoms with Gasteiger partial charge in [0.25, 0.3) is 0 Å². The third-order valence-corrected chi connectivity index (χ3v) is 3.09. The van der Waals surface area contributed by atoms with E-state index >= 15 is 0 Å². The summed E-state index contributed by atoms with van der Waals surface area (Å²) >= 11 is 5.95. The maximum atomic E-state index is 13.0. The molecule has 0 aromatic heterocycles. The van der Waals surface area contributed by atoms with Gasteiger partial charge in [-0.25, -0.2) is 4.39 Å². The molecule has 1 saturated heterocycles. The van der Waals surface area contributed by atoms with Crippen molar-refractivity contribution in [3.05, 3.63) is 29.0 Å². The van der Waals surface area contributed by atoms with Crippen molar-refractivity contribution in [1.82, 2.24) is 0 Å². The van der Waals surface area contributed by atoms with Crippen LogP contribution in [0.25, 0.3) is 0 Å². The van der Waals surface area contributed by atoms with Crippen LogP contribution >= 0.6 is 11.6 Å². The normalized spacial score (nSPS) is 20.8. The van der Waals surface area contributed by atoms with E-state index in [0.29, 0.717) is 16.6 Å². The standard InChI is InChI=1S/C12H15ClFNO/c13-11-4-3-10(14)6-12(11)15-7-9-2-1-5-16-8-9/h3-4,6,9,15H,1-2,5,7-8H2. The second kappa shape index (κ2) is 5.51. The highest BCUT2D eigenvalue weighted by molar-refractivity contribution is 6.33. The summed E-state index contributed by atoms with van der Waals surface area (Å²) in [5.41, 5.74) is 0.659. The molecule has 0 spiro atoms. The average Bonchev–Trinajstić information content (AvgIpc) is 2.32. The van der Waals surface area contributed by atoms with E-state index in [9.17, 15) is 4.39 Å². The number of ether oxygens (including phenoxy) is 1. The van der Waals surface area contributed by atoms with Gasteiger partial charge in [-0.15, -0.1) is 0 Å². The highest BCUT2D eigenvalue weighted by atomic mass is 35.5. The summed E-state index contributed by atoms with van der Waals surface area (Å²) in [5, 5.41) is 3.73. The number of nitrogens with one attached hydrogen (secondary N) is 1. The predicted molar refractivity (Wildman–Crippen MR) is 63.4 cm³/mol. The molecule has 4 heteroatoms. The quantitative estimate of drug-likeness (QED) is 0.880. The van der Waals surface area contributed by atoms with E-state index in [1.807, 2.05) is 0 Å². The Kier molecular flexibility index (Phi) is 4.02. The Hall–Kier alpha value is -0.800. The minimum absolute atomic E-state index is 0.271. The topological polar surface area (TPSA) is 21.3 Å². The summed E-state index contributed by atoms with van der Waals surface area (Å²) in [5.74, 6) is 0.222. The van der Waals surface area contributed by atoms with Gasteiger partial charge in [0.2, 0.25) is 0 Å². The Bertz CT molecular complexity index is 353. The molecular weight excluding hydrogens is 229 g/mol. The fourth-order valence-electron chi connectivity index (χ4n) is 1.86. The van der Waals surface area contributed by atoms with E-state index in [2.05, 4.69) is 5.32 Å². The number of rotatable bonds is 3. The summed E-state index contributed by atoms with van der Waals surface area (Å²) in [6.07, 6.45) is 2.25. The van der Waals surface area contributed by atoms with Crippen LogP contribution in [0.1, 0.15) is 12.8 Å². The molecule has 1 aliphatic heterocycles. The molecule has 1 aliphatic rings. The van der Waals surface area contributed by atoms with Crippen molar-refractivity contribution < 1.29 is 9.13 Å². The SMILES string of the molecule is Fc1ccc(Cl)c(NCC2CCCOC2)c1. The van der Waals surface area contributed by atoms with Gasteiger partial charge in [0.05, 0.1) is 17.3 Å². The molecule has 0 radical (unpaired) electrons. The van der Waals surface area contributed by atoms with Crippen LogP contribution in [0.5, 0.6) is 0 Å². The summed E-state index contributed by atoms with van der Waals surface area (Å²) in [6, 6.07) is 4.35. The van der Waals surface area contributed by atoms with E-state index in [0.717, 1.165) is 32.6 Å². The van der Waals surface area contributed by atoms with Crippen molar-refractivity contribution in [2.24, 2.45) is 5.92 Å². The maximum absolute atomic E-state index is 13.0. The minimum Gasteiger partial charge on any atom is -0.383 e. The highest BCUT2D eigenvalue weighted by Crippen LogP contribution is 2.23. The molecular formula is C12H15ClFNO. The van der Waals surface area contributed by atoms with Gasteiger partial charge in [0.15, 0.2) is 0 Å². The van der Waals surface area contributed by atoms with E-state index in [1.165, 1.54) is 12.1 Å². The number of anilines is 1. The molecule has 1 aromatic carbocycles. The van der Waals surface area contributed by atoms with Crippen LogP contribution in [0, 0.1) is 11.7 Å². The van der Waals surface area contributed by atoms with Crippen LogP contribution in [0.3, 0.4) is 0 Å². The first-order chi connectivity index (χ1) is 7.75. The molecule has 16 heavy (non-hydrogen) atoms. The lowest BCUT2D eigenvalue weighted by molar-refractivity contribution is 0.0595. The van der Waals surface area contributed by atoms with Gasteiger partial charge in [0, 0.05) is 13.2 Å². The van der Waals surface area contributed by atoms with Crippen LogP contribution < -0.4 is 5.32 Å². The molecule has 0 saturated carbocycles. The van der Waals surface area contributed by atoms with E-state index in [1.54, 1.807) is 6.07 Å². The Morgan fingerprint density at radius 2 is 2.38 bits per heavy atom. The monoisotopic (exact) mass is 243 g/mol. The molecule has 1 aromatic rings. The smallest absolute Gasteiger partial charge is 0.125 e. The third-order valence-electron chi connectivity index (χ3n) is 2.76. The fourth-order valence-corrected chi connectivity index (χ4v) is 2.04. The van der Waals surface area contributed by atoms with E-state index in [-0.39, 0.29) is 5.82 Å². The summed E-state index contributed by atoms with van der Waals surface area (Å²) < 4.78 is 18.4. The van der Waals surface area contributed by atoms with Gasteiger partial charge in [-0.3, -0.25) is 0 Å². The highest BCUT2D eigenvalue weighted by Gasteiger charge is 2.14. The van der Waals surface area contributed by atoms with Gasteiger partial charge in [-0.05, 0) is 37.0 Å². The molecule has 2 nitrogen and oxygen atoms in total. The summed E-state index contributed by atoms with van der Waals surface area (Å²) in [6.45, 7) is 2.42. The van der Waals surface area contributed by atoms with Crippen molar-refractivity contribution in [2.75, 3.05) is 25.1 Å². The molecule has 88 valence electrons. The zero-order chi connectivity index (χ0) is 11.4. The molecule has 1 fully saturated rings. The lowest BCUT2D eigenvalue weighted by atomic mass is 10.0. The second-order valence-electron chi connectivity index (χ2n) is 4.09. The van der Waals surface area contributed by atoms with Gasteiger partial charge in [-0.1, -0.05) is 11.6 Å². The number of halogens is 2. The Morgan fingerprint density at radius 3 is 3.12 bits per heavy atom. The Labute approximate surface area is 99.7 Å². The van der Waals surface area contributed by atoms with Crippen molar-refractivity contribution in [3.8, 4) is 0 Å². The van der Waals surface area contributed by atoms with Crippen LogP contribution in [-0.4, -0.2) is 19.8 Å². The molecule has 2 rings (SSSR count). The summed E-state index contributed by atoms with van der Waals surface area (Å²) in [4.78, 5) is 0. The lowest BCUT2D eigenvalue weighted by Gasteiger charge is -2.22. The number of hydrogen-bond donors (Lipinski definition) is 1. The molecule has 1 atom stereocenters. The first-order valence-electron chi connectivity index (χ1n) is 5.52. The van der Waals surface area contributed by atoms with Crippen molar-refractivity contribution in [1.29, 1.82) is 0 Å². The van der Waals surface area contributed by atoms with Crippen LogP contribution in [-0.2, 0) is 4.74 Å². The first-order valence-corrected chi connectivity index (χ1v) is 5.90. The Balaban J connectivity index is 1.90.